The summed E-state index contributed by atoms with van der Waals surface area (Å²) in [4.78, 5) is 10.4. The molecular weight excluding hydrogens is 440 g/mol. The van der Waals surface area contributed by atoms with Gasteiger partial charge in [0, 0.05) is 35.3 Å². The van der Waals surface area contributed by atoms with Gasteiger partial charge in [-0.3, -0.25) is 10.1 Å². The minimum absolute atomic E-state index is 0.0627. The van der Waals surface area contributed by atoms with Crippen molar-refractivity contribution < 1.29 is 14.4 Å². The average molecular weight is 471 g/mol. The second kappa shape index (κ2) is 9.15. The molecule has 0 amide bonds. The normalized spacial score (nSPS) is 27.5. The first-order valence-corrected chi connectivity index (χ1v) is 12.4. The zero-order valence-electron chi connectivity index (χ0n) is 19.0. The van der Waals surface area contributed by atoms with Crippen molar-refractivity contribution in [3.8, 4) is 11.5 Å². The molecule has 0 radical (unpaired) electrons. The lowest BCUT2D eigenvalue weighted by Gasteiger charge is -2.57. The van der Waals surface area contributed by atoms with E-state index in [0.717, 1.165) is 35.4 Å². The molecule has 0 saturated heterocycles. The molecule has 6 nitrogen and oxygen atoms in total. The van der Waals surface area contributed by atoms with E-state index < -0.39 is 4.92 Å². The predicted molar refractivity (Wildman–Crippen MR) is 128 cm³/mol. The van der Waals surface area contributed by atoms with Crippen LogP contribution in [0.25, 0.3) is 0 Å². The summed E-state index contributed by atoms with van der Waals surface area (Å²) in [5.41, 5.74) is 2.20. The fourth-order valence-electron chi connectivity index (χ4n) is 6.58. The van der Waals surface area contributed by atoms with Gasteiger partial charge in [-0.25, -0.2) is 0 Å². The van der Waals surface area contributed by atoms with Crippen LogP contribution in [0.1, 0.15) is 56.6 Å². The molecule has 4 fully saturated rings. The molecule has 4 bridgehead atoms. The number of nitrogens with zero attached hydrogens (tertiary/aromatic N) is 1. The van der Waals surface area contributed by atoms with E-state index >= 15 is 0 Å². The SMILES string of the molecule is CCOc1cc(CNC23CC4CC(CC(C4)C2)C3)c(Cl)cc1OCc1ccc([N+](=O)[O-])cc1. The van der Waals surface area contributed by atoms with Gasteiger partial charge in [-0.05, 0) is 92.5 Å². The van der Waals surface area contributed by atoms with Gasteiger partial charge in [-0.2, -0.15) is 0 Å². The van der Waals surface area contributed by atoms with E-state index in [9.17, 15) is 10.1 Å². The van der Waals surface area contributed by atoms with Gasteiger partial charge in [-0.15, -0.1) is 0 Å². The lowest BCUT2D eigenvalue weighted by atomic mass is 9.53. The maximum absolute atomic E-state index is 10.8. The molecule has 33 heavy (non-hydrogen) atoms. The Hall–Kier alpha value is -2.31. The standard InChI is InChI=1S/C26H31ClN2O4/c1-2-32-24-10-21(15-28-26-12-18-7-19(13-26)9-20(8-18)14-26)23(27)11-25(24)33-16-17-3-5-22(6-4-17)29(30)31/h3-6,10-11,18-20,28H,2,7-9,12-16H2,1H3. The highest BCUT2D eigenvalue weighted by Crippen LogP contribution is 2.55. The van der Waals surface area contributed by atoms with Gasteiger partial charge in [0.25, 0.3) is 5.69 Å². The summed E-state index contributed by atoms with van der Waals surface area (Å²) in [5, 5.41) is 15.4. The molecule has 4 aliphatic rings. The van der Waals surface area contributed by atoms with E-state index in [0.29, 0.717) is 23.1 Å². The Morgan fingerprint density at radius 1 is 1.03 bits per heavy atom. The molecule has 1 N–H and O–H groups in total. The second-order valence-electron chi connectivity index (χ2n) is 10.1. The molecular formula is C26H31ClN2O4. The second-order valence-corrected chi connectivity index (χ2v) is 10.5. The Kier molecular flexibility index (Phi) is 6.23. The number of ether oxygens (including phenoxy) is 2. The molecule has 0 aromatic heterocycles. The quantitative estimate of drug-likeness (QED) is 0.344. The molecule has 0 atom stereocenters. The number of nitrogens with one attached hydrogen (secondary N) is 1. The maximum atomic E-state index is 10.8. The van der Waals surface area contributed by atoms with Gasteiger partial charge in [0.15, 0.2) is 11.5 Å². The van der Waals surface area contributed by atoms with Crippen LogP contribution in [0.15, 0.2) is 36.4 Å². The van der Waals surface area contributed by atoms with E-state index in [1.807, 2.05) is 19.1 Å². The number of hydrogen-bond acceptors (Lipinski definition) is 5. The third kappa shape index (κ3) is 4.82. The van der Waals surface area contributed by atoms with Crippen LogP contribution >= 0.6 is 11.6 Å². The molecule has 4 saturated carbocycles. The number of nitro groups is 1. The van der Waals surface area contributed by atoms with Crippen molar-refractivity contribution in [1.29, 1.82) is 0 Å². The van der Waals surface area contributed by atoms with Crippen LogP contribution in [0.4, 0.5) is 5.69 Å². The van der Waals surface area contributed by atoms with E-state index in [-0.39, 0.29) is 17.8 Å². The highest BCUT2D eigenvalue weighted by Gasteiger charge is 2.50. The molecule has 176 valence electrons. The number of rotatable bonds is 9. The largest absolute Gasteiger partial charge is 0.490 e. The van der Waals surface area contributed by atoms with Crippen LogP contribution in [-0.2, 0) is 13.2 Å². The van der Waals surface area contributed by atoms with Crippen molar-refractivity contribution in [2.45, 2.75) is 64.1 Å². The van der Waals surface area contributed by atoms with Gasteiger partial charge < -0.3 is 14.8 Å². The van der Waals surface area contributed by atoms with E-state index in [4.69, 9.17) is 21.1 Å². The zero-order chi connectivity index (χ0) is 23.0. The summed E-state index contributed by atoms with van der Waals surface area (Å²) in [7, 11) is 0. The van der Waals surface area contributed by atoms with Gasteiger partial charge in [0.2, 0.25) is 0 Å². The summed E-state index contributed by atoms with van der Waals surface area (Å²) in [6, 6.07) is 10.2. The predicted octanol–water partition coefficient (Wildman–Crippen LogP) is 6.28. The maximum Gasteiger partial charge on any atom is 0.269 e. The molecule has 0 aliphatic heterocycles. The first kappa shape index (κ1) is 22.5. The van der Waals surface area contributed by atoms with Crippen LogP contribution in [0.2, 0.25) is 5.02 Å². The van der Waals surface area contributed by atoms with E-state index in [1.54, 1.807) is 12.1 Å². The monoisotopic (exact) mass is 470 g/mol. The molecule has 0 spiro atoms. The van der Waals surface area contributed by atoms with Crippen molar-refractivity contribution in [2.24, 2.45) is 17.8 Å². The summed E-state index contributed by atoms with van der Waals surface area (Å²) in [5.74, 6) is 3.94. The minimum atomic E-state index is -0.409. The third-order valence-corrected chi connectivity index (χ3v) is 8.00. The molecule has 0 unspecified atom stereocenters. The topological polar surface area (TPSA) is 73.6 Å². The Morgan fingerprint density at radius 3 is 2.21 bits per heavy atom. The number of non-ortho nitro benzene ring substituents is 1. The highest BCUT2D eigenvalue weighted by molar-refractivity contribution is 6.31. The third-order valence-electron chi connectivity index (χ3n) is 7.65. The van der Waals surface area contributed by atoms with Crippen molar-refractivity contribution in [2.75, 3.05) is 6.61 Å². The first-order chi connectivity index (χ1) is 15.9. The summed E-state index contributed by atoms with van der Waals surface area (Å²) in [6.45, 7) is 3.48. The highest BCUT2D eigenvalue weighted by atomic mass is 35.5. The molecule has 2 aromatic rings. The lowest BCUT2D eigenvalue weighted by molar-refractivity contribution is -0.384. The fraction of sp³-hybridized carbons (Fsp3) is 0.538. The van der Waals surface area contributed by atoms with Crippen LogP contribution in [-0.4, -0.2) is 17.1 Å². The van der Waals surface area contributed by atoms with Crippen LogP contribution < -0.4 is 14.8 Å². The molecule has 6 rings (SSSR count). The van der Waals surface area contributed by atoms with Crippen LogP contribution in [0.5, 0.6) is 11.5 Å². The van der Waals surface area contributed by atoms with Gasteiger partial charge in [0.05, 0.1) is 11.5 Å². The smallest absolute Gasteiger partial charge is 0.269 e. The van der Waals surface area contributed by atoms with E-state index in [1.165, 1.54) is 50.7 Å². The molecule has 7 heteroatoms. The van der Waals surface area contributed by atoms with Crippen molar-refractivity contribution in [3.05, 3.63) is 62.7 Å². The van der Waals surface area contributed by atoms with Crippen LogP contribution in [0.3, 0.4) is 0 Å². The number of nitro benzene ring substituents is 1. The van der Waals surface area contributed by atoms with Crippen LogP contribution in [0, 0.1) is 27.9 Å². The van der Waals surface area contributed by atoms with Gasteiger partial charge in [0.1, 0.15) is 6.61 Å². The summed E-state index contributed by atoms with van der Waals surface area (Å²) >= 11 is 6.67. The minimum Gasteiger partial charge on any atom is -0.490 e. The first-order valence-electron chi connectivity index (χ1n) is 12.0. The summed E-state index contributed by atoms with van der Waals surface area (Å²) in [6.07, 6.45) is 8.17. The Labute approximate surface area is 199 Å². The molecule has 0 heterocycles. The zero-order valence-corrected chi connectivity index (χ0v) is 19.8. The van der Waals surface area contributed by atoms with Crippen molar-refractivity contribution in [3.63, 3.8) is 0 Å². The van der Waals surface area contributed by atoms with Gasteiger partial charge in [-0.1, -0.05) is 11.6 Å². The molecule has 2 aromatic carbocycles. The Bertz CT molecular complexity index is 988. The number of halogens is 1. The lowest BCUT2D eigenvalue weighted by Crippen LogP contribution is -2.58. The fourth-order valence-corrected chi connectivity index (χ4v) is 6.80. The number of benzene rings is 2. The van der Waals surface area contributed by atoms with Crippen molar-refractivity contribution in [1.82, 2.24) is 5.32 Å². The van der Waals surface area contributed by atoms with Crippen molar-refractivity contribution >= 4 is 17.3 Å². The average Bonchev–Trinajstić information content (AvgIpc) is 2.77. The van der Waals surface area contributed by atoms with Gasteiger partial charge >= 0.3 is 0 Å². The van der Waals surface area contributed by atoms with E-state index in [2.05, 4.69) is 5.32 Å². The number of hydrogen-bond donors (Lipinski definition) is 1. The molecule has 4 aliphatic carbocycles. The summed E-state index contributed by atoms with van der Waals surface area (Å²) < 4.78 is 11.9. The Morgan fingerprint density at radius 2 is 1.64 bits per heavy atom. The Balaban J connectivity index is 1.27.